The summed E-state index contributed by atoms with van der Waals surface area (Å²) < 4.78 is 6.20. The molecule has 0 aliphatic carbocycles. The van der Waals surface area contributed by atoms with Gasteiger partial charge in [-0.15, -0.1) is 0 Å². The van der Waals surface area contributed by atoms with Crippen molar-refractivity contribution >= 4 is 17.3 Å². The number of anilines is 3. The van der Waals surface area contributed by atoms with Gasteiger partial charge in [0.05, 0.1) is 0 Å². The molecule has 4 aromatic rings. The predicted octanol–water partition coefficient (Wildman–Crippen LogP) is 6.43. The molecule has 0 N–H and O–H groups in total. The molecular formula is C23H20N2O. The molecule has 128 valence electrons. The van der Waals surface area contributed by atoms with Crippen LogP contribution in [0, 0.1) is 13.8 Å². The molecule has 0 bridgehead atoms. The second-order valence-corrected chi connectivity index (χ2v) is 6.38. The van der Waals surface area contributed by atoms with E-state index >= 15 is 0 Å². The van der Waals surface area contributed by atoms with Gasteiger partial charge in [-0.05, 0) is 56.3 Å². The minimum atomic E-state index is 0.782. The highest BCUT2D eigenvalue weighted by atomic mass is 16.4. The fourth-order valence-corrected chi connectivity index (χ4v) is 2.91. The van der Waals surface area contributed by atoms with Gasteiger partial charge in [0.15, 0.2) is 0 Å². The molecule has 0 unspecified atom stereocenters. The maximum Gasteiger partial charge on any atom is 0.205 e. The molecule has 0 saturated carbocycles. The summed E-state index contributed by atoms with van der Waals surface area (Å²) in [5, 5.41) is 0. The van der Waals surface area contributed by atoms with Crippen LogP contribution < -0.4 is 4.90 Å². The number of aryl methyl sites for hydroxylation is 2. The third-order valence-electron chi connectivity index (χ3n) is 4.36. The summed E-state index contributed by atoms with van der Waals surface area (Å²) in [6.07, 6.45) is 3.55. The lowest BCUT2D eigenvalue weighted by molar-refractivity contribution is 0.588. The summed E-state index contributed by atoms with van der Waals surface area (Å²) in [5.74, 6) is 1.61. The molecule has 0 spiro atoms. The highest BCUT2D eigenvalue weighted by molar-refractivity contribution is 5.75. The Kier molecular flexibility index (Phi) is 4.28. The summed E-state index contributed by atoms with van der Waals surface area (Å²) in [6.45, 7) is 4.18. The van der Waals surface area contributed by atoms with Crippen molar-refractivity contribution < 1.29 is 4.42 Å². The minimum Gasteiger partial charge on any atom is -0.440 e. The first-order chi connectivity index (χ1) is 12.7. The Morgan fingerprint density at radius 1 is 0.654 bits per heavy atom. The first-order valence-corrected chi connectivity index (χ1v) is 8.64. The van der Waals surface area contributed by atoms with Crippen LogP contribution in [-0.4, -0.2) is 4.98 Å². The lowest BCUT2D eigenvalue weighted by Gasteiger charge is -2.22. The normalized spacial score (nSPS) is 10.7. The van der Waals surface area contributed by atoms with Crippen LogP contribution in [0.15, 0.2) is 89.6 Å². The van der Waals surface area contributed by atoms with E-state index < -0.39 is 0 Å². The van der Waals surface area contributed by atoms with Crippen LogP contribution in [0.3, 0.4) is 0 Å². The van der Waals surface area contributed by atoms with Gasteiger partial charge < -0.3 is 4.42 Å². The Morgan fingerprint density at radius 2 is 1.19 bits per heavy atom. The topological polar surface area (TPSA) is 29.3 Å². The van der Waals surface area contributed by atoms with Crippen molar-refractivity contribution in [2.24, 2.45) is 0 Å². The molecule has 2 aromatic carbocycles. The number of hydrogen-bond donors (Lipinski definition) is 0. The van der Waals surface area contributed by atoms with E-state index in [9.17, 15) is 0 Å². The van der Waals surface area contributed by atoms with Crippen molar-refractivity contribution in [2.45, 2.75) is 13.8 Å². The Balaban J connectivity index is 1.79. The number of hydrogen-bond acceptors (Lipinski definition) is 3. The number of furan rings is 1. The molecule has 0 atom stereocenters. The summed E-state index contributed by atoms with van der Waals surface area (Å²) in [7, 11) is 0. The molecule has 2 aromatic heterocycles. The van der Waals surface area contributed by atoms with Crippen LogP contribution in [0.5, 0.6) is 0 Å². The van der Waals surface area contributed by atoms with Crippen LogP contribution >= 0.6 is 0 Å². The van der Waals surface area contributed by atoms with Gasteiger partial charge in [0, 0.05) is 35.4 Å². The van der Waals surface area contributed by atoms with Gasteiger partial charge >= 0.3 is 0 Å². The average Bonchev–Trinajstić information content (AvgIpc) is 3.15. The van der Waals surface area contributed by atoms with E-state index in [1.54, 1.807) is 12.4 Å². The van der Waals surface area contributed by atoms with Crippen molar-refractivity contribution in [3.05, 3.63) is 96.3 Å². The third kappa shape index (κ3) is 3.24. The second-order valence-electron chi connectivity index (χ2n) is 6.38. The van der Waals surface area contributed by atoms with Gasteiger partial charge in [-0.25, -0.2) is 0 Å². The molecule has 0 saturated heterocycles. The summed E-state index contributed by atoms with van der Waals surface area (Å²) in [5.41, 5.74) is 5.60. The molecular weight excluding hydrogens is 320 g/mol. The summed E-state index contributed by atoms with van der Waals surface area (Å²) >= 11 is 0. The number of nitrogens with zero attached hydrogens (tertiary/aromatic N) is 2. The molecule has 3 heteroatoms. The van der Waals surface area contributed by atoms with E-state index in [1.165, 1.54) is 11.1 Å². The van der Waals surface area contributed by atoms with Crippen molar-refractivity contribution in [1.29, 1.82) is 0 Å². The van der Waals surface area contributed by atoms with Gasteiger partial charge in [-0.2, -0.15) is 0 Å². The lowest BCUT2D eigenvalue weighted by atomic mass is 10.1. The number of rotatable bonds is 4. The van der Waals surface area contributed by atoms with E-state index in [-0.39, 0.29) is 0 Å². The molecule has 0 aliphatic heterocycles. The fourth-order valence-electron chi connectivity index (χ4n) is 2.91. The number of pyridine rings is 1. The minimum absolute atomic E-state index is 0.782. The largest absolute Gasteiger partial charge is 0.440 e. The zero-order valence-electron chi connectivity index (χ0n) is 14.9. The smallest absolute Gasteiger partial charge is 0.205 e. The number of aromatic nitrogens is 1. The van der Waals surface area contributed by atoms with E-state index in [2.05, 4.69) is 72.3 Å². The Bertz CT molecular complexity index is 941. The number of benzene rings is 2. The molecule has 3 nitrogen and oxygen atoms in total. The molecule has 0 aliphatic rings. The van der Waals surface area contributed by atoms with Crippen molar-refractivity contribution in [3.63, 3.8) is 0 Å². The van der Waals surface area contributed by atoms with E-state index in [4.69, 9.17) is 4.42 Å². The SMILES string of the molecule is Cc1ccc(N(c2ccc(C)cc2)c2ccc(-c3ccncc3)o2)cc1. The predicted molar refractivity (Wildman–Crippen MR) is 106 cm³/mol. The van der Waals surface area contributed by atoms with Crippen molar-refractivity contribution in [3.8, 4) is 11.3 Å². The van der Waals surface area contributed by atoms with Gasteiger partial charge in [-0.1, -0.05) is 35.4 Å². The van der Waals surface area contributed by atoms with Crippen molar-refractivity contribution in [1.82, 2.24) is 4.98 Å². The van der Waals surface area contributed by atoms with Crippen LogP contribution in [-0.2, 0) is 0 Å². The molecule has 2 heterocycles. The summed E-state index contributed by atoms with van der Waals surface area (Å²) in [6, 6.07) is 24.8. The maximum absolute atomic E-state index is 6.20. The zero-order valence-corrected chi connectivity index (χ0v) is 14.9. The van der Waals surface area contributed by atoms with Crippen LogP contribution in [0.4, 0.5) is 17.3 Å². The van der Waals surface area contributed by atoms with E-state index in [0.29, 0.717) is 0 Å². The molecule has 26 heavy (non-hydrogen) atoms. The van der Waals surface area contributed by atoms with Crippen LogP contribution in [0.25, 0.3) is 11.3 Å². The second kappa shape index (κ2) is 6.89. The summed E-state index contributed by atoms with van der Waals surface area (Å²) in [4.78, 5) is 6.20. The average molecular weight is 340 g/mol. The molecule has 0 radical (unpaired) electrons. The van der Waals surface area contributed by atoms with Crippen LogP contribution in [0.1, 0.15) is 11.1 Å². The van der Waals surface area contributed by atoms with Gasteiger partial charge in [-0.3, -0.25) is 9.88 Å². The van der Waals surface area contributed by atoms with Gasteiger partial charge in [0.1, 0.15) is 5.76 Å². The Labute approximate surface area is 153 Å². The van der Waals surface area contributed by atoms with E-state index in [1.807, 2.05) is 24.3 Å². The van der Waals surface area contributed by atoms with Crippen molar-refractivity contribution in [2.75, 3.05) is 4.90 Å². The first kappa shape index (κ1) is 16.2. The molecule has 0 fully saturated rings. The zero-order chi connectivity index (χ0) is 17.9. The quantitative estimate of drug-likeness (QED) is 0.429. The highest BCUT2D eigenvalue weighted by Crippen LogP contribution is 2.37. The standard InChI is InChI=1S/C23H20N2O/c1-17-3-7-20(8-4-17)25(21-9-5-18(2)6-10-21)23-12-11-22(26-23)19-13-15-24-16-14-19/h3-16H,1-2H3. The Hall–Kier alpha value is -3.33. The molecule has 0 amide bonds. The Morgan fingerprint density at radius 3 is 1.73 bits per heavy atom. The third-order valence-corrected chi connectivity index (χ3v) is 4.36. The fraction of sp³-hybridized carbons (Fsp3) is 0.0870. The van der Waals surface area contributed by atoms with E-state index in [0.717, 1.165) is 28.6 Å². The first-order valence-electron chi connectivity index (χ1n) is 8.64. The van der Waals surface area contributed by atoms with Crippen LogP contribution in [0.2, 0.25) is 0 Å². The van der Waals surface area contributed by atoms with Gasteiger partial charge in [0.25, 0.3) is 0 Å². The highest BCUT2D eigenvalue weighted by Gasteiger charge is 2.16. The maximum atomic E-state index is 6.20. The molecule has 4 rings (SSSR count). The lowest BCUT2D eigenvalue weighted by Crippen LogP contribution is -2.08. The monoisotopic (exact) mass is 340 g/mol. The van der Waals surface area contributed by atoms with Gasteiger partial charge in [0.2, 0.25) is 5.88 Å².